The Morgan fingerprint density at radius 2 is 2.06 bits per heavy atom. The highest BCUT2D eigenvalue weighted by Crippen LogP contribution is 2.04. The molecule has 5 nitrogen and oxygen atoms in total. The van der Waals surface area contributed by atoms with Gasteiger partial charge in [0.2, 0.25) is 0 Å². The van der Waals surface area contributed by atoms with Crippen LogP contribution < -0.4 is 11.1 Å². The second-order valence-electron chi connectivity index (χ2n) is 4.11. The molecule has 1 aromatic heterocycles. The van der Waals surface area contributed by atoms with Gasteiger partial charge in [-0.25, -0.2) is 0 Å². The molecule has 94 valence electrons. The molecule has 1 aromatic carbocycles. The molecule has 0 saturated carbocycles. The van der Waals surface area contributed by atoms with E-state index in [0.717, 1.165) is 11.1 Å². The summed E-state index contributed by atoms with van der Waals surface area (Å²) in [6, 6.07) is 7.28. The summed E-state index contributed by atoms with van der Waals surface area (Å²) in [4.78, 5) is 11.9. The van der Waals surface area contributed by atoms with Crippen molar-refractivity contribution in [2.45, 2.75) is 13.1 Å². The molecule has 1 amide bonds. The minimum absolute atomic E-state index is 0.0950. The van der Waals surface area contributed by atoms with E-state index >= 15 is 0 Å². The van der Waals surface area contributed by atoms with Crippen molar-refractivity contribution in [2.24, 2.45) is 12.8 Å². The average Bonchev–Trinajstić information content (AvgIpc) is 2.82. The molecule has 18 heavy (non-hydrogen) atoms. The molecule has 0 bridgehead atoms. The molecule has 5 heteroatoms. The van der Waals surface area contributed by atoms with Crippen LogP contribution in [0.15, 0.2) is 36.7 Å². The van der Waals surface area contributed by atoms with Crippen LogP contribution in [0.25, 0.3) is 0 Å². The Morgan fingerprint density at radius 3 is 2.61 bits per heavy atom. The fourth-order valence-electron chi connectivity index (χ4n) is 1.64. The van der Waals surface area contributed by atoms with Gasteiger partial charge in [-0.2, -0.15) is 5.10 Å². The maximum absolute atomic E-state index is 11.9. The van der Waals surface area contributed by atoms with E-state index in [1.807, 2.05) is 25.4 Å². The molecule has 0 atom stereocenters. The Hall–Kier alpha value is -2.14. The average molecular weight is 244 g/mol. The molecule has 3 N–H and O–H groups in total. The van der Waals surface area contributed by atoms with E-state index < -0.39 is 0 Å². The number of nitrogens with zero attached hydrogens (tertiary/aromatic N) is 2. The lowest BCUT2D eigenvalue weighted by atomic mass is 10.1. The topological polar surface area (TPSA) is 72.9 Å². The zero-order chi connectivity index (χ0) is 13.0. The number of carbonyl (C=O) groups is 1. The largest absolute Gasteiger partial charge is 0.348 e. The molecule has 0 unspecified atom stereocenters. The third kappa shape index (κ3) is 2.95. The van der Waals surface area contributed by atoms with Crippen molar-refractivity contribution in [2.75, 3.05) is 0 Å². The minimum atomic E-state index is -0.0950. The number of nitrogens with one attached hydrogen (secondary N) is 1. The second-order valence-corrected chi connectivity index (χ2v) is 4.11. The molecule has 0 fully saturated rings. The zero-order valence-corrected chi connectivity index (χ0v) is 10.3. The number of aromatic nitrogens is 2. The fourth-order valence-corrected chi connectivity index (χ4v) is 1.64. The quantitative estimate of drug-likeness (QED) is 0.836. The first-order chi connectivity index (χ1) is 8.69. The lowest BCUT2D eigenvalue weighted by Gasteiger charge is -2.04. The van der Waals surface area contributed by atoms with Crippen LogP contribution in [0.1, 0.15) is 21.5 Å². The Bertz CT molecular complexity index is 530. The SMILES string of the molecule is Cn1cc(CNC(=O)c2ccc(CN)cc2)cn1. The lowest BCUT2D eigenvalue weighted by molar-refractivity contribution is 0.0951. The summed E-state index contributed by atoms with van der Waals surface area (Å²) in [6.45, 7) is 0.961. The molecule has 0 aliphatic rings. The molecule has 0 saturated heterocycles. The van der Waals surface area contributed by atoms with Crippen molar-refractivity contribution in [1.29, 1.82) is 0 Å². The van der Waals surface area contributed by atoms with Crippen LogP contribution in [0.5, 0.6) is 0 Å². The molecule has 0 radical (unpaired) electrons. The summed E-state index contributed by atoms with van der Waals surface area (Å²) < 4.78 is 1.71. The molecule has 0 spiro atoms. The van der Waals surface area contributed by atoms with Crippen molar-refractivity contribution in [1.82, 2.24) is 15.1 Å². The monoisotopic (exact) mass is 244 g/mol. The normalized spacial score (nSPS) is 10.3. The van der Waals surface area contributed by atoms with Crippen LogP contribution in [0.4, 0.5) is 0 Å². The van der Waals surface area contributed by atoms with E-state index in [2.05, 4.69) is 10.4 Å². The van der Waals surface area contributed by atoms with Gasteiger partial charge in [-0.15, -0.1) is 0 Å². The third-order valence-electron chi connectivity index (χ3n) is 2.66. The van der Waals surface area contributed by atoms with Gasteiger partial charge in [0.25, 0.3) is 5.91 Å². The van der Waals surface area contributed by atoms with Gasteiger partial charge >= 0.3 is 0 Å². The Morgan fingerprint density at radius 1 is 1.33 bits per heavy atom. The van der Waals surface area contributed by atoms with Gasteiger partial charge in [-0.3, -0.25) is 9.48 Å². The summed E-state index contributed by atoms with van der Waals surface area (Å²) in [5.41, 5.74) is 8.13. The number of nitrogens with two attached hydrogens (primary N) is 1. The number of amides is 1. The summed E-state index contributed by atoms with van der Waals surface area (Å²) in [7, 11) is 1.84. The molecule has 0 aliphatic carbocycles. The van der Waals surface area contributed by atoms with E-state index in [0.29, 0.717) is 18.7 Å². The van der Waals surface area contributed by atoms with Crippen molar-refractivity contribution in [3.8, 4) is 0 Å². The van der Waals surface area contributed by atoms with Crippen molar-refractivity contribution >= 4 is 5.91 Å². The minimum Gasteiger partial charge on any atom is -0.348 e. The molecule has 2 rings (SSSR count). The second kappa shape index (κ2) is 5.46. The number of aryl methyl sites for hydroxylation is 1. The summed E-state index contributed by atoms with van der Waals surface area (Å²) in [5, 5.41) is 6.88. The van der Waals surface area contributed by atoms with E-state index in [-0.39, 0.29) is 5.91 Å². The first-order valence-electron chi connectivity index (χ1n) is 5.74. The Balaban J connectivity index is 1.94. The van der Waals surface area contributed by atoms with E-state index in [9.17, 15) is 4.79 Å². The van der Waals surface area contributed by atoms with Gasteiger partial charge in [0.1, 0.15) is 0 Å². The van der Waals surface area contributed by atoms with E-state index in [1.165, 1.54) is 0 Å². The Labute approximate surface area is 106 Å². The standard InChI is InChI=1S/C13H16N4O/c1-17-9-11(8-16-17)7-15-13(18)12-4-2-10(6-14)3-5-12/h2-5,8-9H,6-7,14H2,1H3,(H,15,18). The smallest absolute Gasteiger partial charge is 0.251 e. The van der Waals surface area contributed by atoms with Crippen LogP contribution in [0.3, 0.4) is 0 Å². The summed E-state index contributed by atoms with van der Waals surface area (Å²) in [6.07, 6.45) is 3.61. The van der Waals surface area contributed by atoms with Gasteiger partial charge in [-0.1, -0.05) is 12.1 Å². The number of benzene rings is 1. The molecular weight excluding hydrogens is 228 g/mol. The highest BCUT2D eigenvalue weighted by Gasteiger charge is 2.05. The van der Waals surface area contributed by atoms with Crippen LogP contribution in [-0.2, 0) is 20.1 Å². The summed E-state index contributed by atoms with van der Waals surface area (Å²) >= 11 is 0. The predicted octanol–water partition coefficient (Wildman–Crippen LogP) is 0.809. The van der Waals surface area contributed by atoms with Gasteiger partial charge in [0, 0.05) is 37.5 Å². The highest BCUT2D eigenvalue weighted by atomic mass is 16.1. The maximum Gasteiger partial charge on any atom is 0.251 e. The zero-order valence-electron chi connectivity index (χ0n) is 10.3. The van der Waals surface area contributed by atoms with Gasteiger partial charge in [0.15, 0.2) is 0 Å². The van der Waals surface area contributed by atoms with E-state index in [1.54, 1.807) is 23.0 Å². The summed E-state index contributed by atoms with van der Waals surface area (Å²) in [5.74, 6) is -0.0950. The molecule has 1 heterocycles. The number of rotatable bonds is 4. The van der Waals surface area contributed by atoms with Crippen LogP contribution in [0, 0.1) is 0 Å². The first kappa shape index (κ1) is 12.3. The number of hydrogen-bond acceptors (Lipinski definition) is 3. The first-order valence-corrected chi connectivity index (χ1v) is 5.74. The number of carbonyl (C=O) groups excluding carboxylic acids is 1. The predicted molar refractivity (Wildman–Crippen MR) is 68.7 cm³/mol. The molecule has 0 aliphatic heterocycles. The van der Waals surface area contributed by atoms with Gasteiger partial charge < -0.3 is 11.1 Å². The molecule has 2 aromatic rings. The van der Waals surface area contributed by atoms with Gasteiger partial charge in [-0.05, 0) is 17.7 Å². The van der Waals surface area contributed by atoms with Crippen molar-refractivity contribution in [3.63, 3.8) is 0 Å². The number of hydrogen-bond donors (Lipinski definition) is 2. The lowest BCUT2D eigenvalue weighted by Crippen LogP contribution is -2.22. The fraction of sp³-hybridized carbons (Fsp3) is 0.231. The van der Waals surface area contributed by atoms with E-state index in [4.69, 9.17) is 5.73 Å². The van der Waals surface area contributed by atoms with Crippen LogP contribution in [0.2, 0.25) is 0 Å². The van der Waals surface area contributed by atoms with Gasteiger partial charge in [0.05, 0.1) is 6.20 Å². The van der Waals surface area contributed by atoms with Crippen molar-refractivity contribution in [3.05, 3.63) is 53.3 Å². The van der Waals surface area contributed by atoms with Crippen LogP contribution >= 0.6 is 0 Å². The van der Waals surface area contributed by atoms with Crippen molar-refractivity contribution < 1.29 is 4.79 Å². The Kier molecular flexibility index (Phi) is 3.74. The highest BCUT2D eigenvalue weighted by molar-refractivity contribution is 5.94. The maximum atomic E-state index is 11.9. The molecular formula is C13H16N4O. The third-order valence-corrected chi connectivity index (χ3v) is 2.66. The van der Waals surface area contributed by atoms with Crippen LogP contribution in [-0.4, -0.2) is 15.7 Å².